The largest absolute Gasteiger partial charge is 0.481 e. The van der Waals surface area contributed by atoms with Gasteiger partial charge in [0, 0.05) is 31.1 Å². The third kappa shape index (κ3) is 3.09. The van der Waals surface area contributed by atoms with Crippen molar-refractivity contribution in [2.75, 3.05) is 18.4 Å². The Morgan fingerprint density at radius 2 is 1.95 bits per heavy atom. The first-order chi connectivity index (χ1) is 9.79. The summed E-state index contributed by atoms with van der Waals surface area (Å²) in [4.78, 5) is 23.8. The summed E-state index contributed by atoms with van der Waals surface area (Å²) in [6.07, 6.45) is 0. The number of nitrogens with zero attached hydrogens (tertiary/aromatic N) is 1. The quantitative estimate of drug-likeness (QED) is 0.842. The summed E-state index contributed by atoms with van der Waals surface area (Å²) in [5, 5.41) is 10.9. The van der Waals surface area contributed by atoms with Crippen LogP contribution in [-0.2, 0) is 4.79 Å². The maximum Gasteiger partial charge on any atom is 0.321 e. The summed E-state index contributed by atoms with van der Waals surface area (Å²) in [7, 11) is 0. The number of amides is 2. The van der Waals surface area contributed by atoms with Gasteiger partial charge in [-0.2, -0.15) is 0 Å². The molecule has 0 bridgehead atoms. The van der Waals surface area contributed by atoms with Crippen LogP contribution in [-0.4, -0.2) is 35.1 Å². The summed E-state index contributed by atoms with van der Waals surface area (Å²) >= 11 is 0. The highest BCUT2D eigenvalue weighted by Gasteiger charge is 2.37. The Kier molecular flexibility index (Phi) is 4.06. The van der Waals surface area contributed by atoms with Gasteiger partial charge in [-0.25, -0.2) is 18.0 Å². The van der Waals surface area contributed by atoms with Crippen LogP contribution in [0.2, 0.25) is 0 Å². The number of benzene rings is 1. The number of halogens is 3. The van der Waals surface area contributed by atoms with E-state index in [9.17, 15) is 22.8 Å². The molecule has 0 aliphatic carbocycles. The SMILES string of the molecule is CC(C(=O)O)C1CN(C(=O)Nc2cc(F)cc(F)c2F)C1. The fourth-order valence-electron chi connectivity index (χ4n) is 2.04. The van der Waals surface area contributed by atoms with E-state index in [1.807, 2.05) is 0 Å². The van der Waals surface area contributed by atoms with Crippen molar-refractivity contribution in [1.29, 1.82) is 0 Å². The molecule has 1 aromatic rings. The molecule has 1 heterocycles. The van der Waals surface area contributed by atoms with Crippen molar-refractivity contribution >= 4 is 17.7 Å². The Bertz CT molecular complexity index is 588. The number of urea groups is 1. The van der Waals surface area contributed by atoms with Crippen molar-refractivity contribution in [3.8, 4) is 0 Å². The lowest BCUT2D eigenvalue weighted by atomic mass is 9.87. The average molecular weight is 302 g/mol. The molecule has 2 N–H and O–H groups in total. The Labute approximate surface area is 118 Å². The molecule has 0 spiro atoms. The van der Waals surface area contributed by atoms with Gasteiger partial charge in [0.2, 0.25) is 0 Å². The van der Waals surface area contributed by atoms with E-state index in [0.29, 0.717) is 12.1 Å². The van der Waals surface area contributed by atoms with Crippen LogP contribution in [0.1, 0.15) is 6.92 Å². The number of likely N-dealkylation sites (tertiary alicyclic amines) is 1. The van der Waals surface area contributed by atoms with Gasteiger partial charge in [-0.05, 0) is 0 Å². The number of carbonyl (C=O) groups is 2. The lowest BCUT2D eigenvalue weighted by Crippen LogP contribution is -2.54. The monoisotopic (exact) mass is 302 g/mol. The molecule has 0 aromatic heterocycles. The molecule has 1 fully saturated rings. The first-order valence-corrected chi connectivity index (χ1v) is 6.23. The minimum absolute atomic E-state index is 0.192. The van der Waals surface area contributed by atoms with Gasteiger partial charge in [0.25, 0.3) is 0 Å². The second-order valence-corrected chi connectivity index (χ2v) is 4.97. The molecule has 1 atom stereocenters. The molecule has 1 aliphatic rings. The van der Waals surface area contributed by atoms with E-state index in [1.165, 1.54) is 11.8 Å². The zero-order chi connectivity index (χ0) is 15.7. The van der Waals surface area contributed by atoms with Crippen LogP contribution in [0, 0.1) is 29.3 Å². The van der Waals surface area contributed by atoms with Crippen molar-refractivity contribution in [2.45, 2.75) is 6.92 Å². The molecule has 8 heteroatoms. The Balaban J connectivity index is 1.97. The smallest absolute Gasteiger partial charge is 0.321 e. The predicted molar refractivity (Wildman–Crippen MR) is 67.2 cm³/mol. The summed E-state index contributed by atoms with van der Waals surface area (Å²) in [6.45, 7) is 1.92. The van der Waals surface area contributed by atoms with Gasteiger partial charge < -0.3 is 15.3 Å². The van der Waals surface area contributed by atoms with Gasteiger partial charge in [0.05, 0.1) is 11.6 Å². The molecule has 1 aliphatic heterocycles. The van der Waals surface area contributed by atoms with Crippen LogP contribution in [0.4, 0.5) is 23.7 Å². The van der Waals surface area contributed by atoms with Gasteiger partial charge in [-0.3, -0.25) is 4.79 Å². The summed E-state index contributed by atoms with van der Waals surface area (Å²) in [5.41, 5.74) is -0.591. The first-order valence-electron chi connectivity index (χ1n) is 6.23. The predicted octanol–water partition coefficient (Wildman–Crippen LogP) is 2.29. The van der Waals surface area contributed by atoms with Crippen LogP contribution >= 0.6 is 0 Å². The van der Waals surface area contributed by atoms with E-state index >= 15 is 0 Å². The highest BCUT2D eigenvalue weighted by Crippen LogP contribution is 2.26. The summed E-state index contributed by atoms with van der Waals surface area (Å²) in [6, 6.07) is 0.319. The number of carboxylic acids is 1. The first kappa shape index (κ1) is 15.1. The van der Waals surface area contributed by atoms with Crippen LogP contribution in [0.3, 0.4) is 0 Å². The third-order valence-corrected chi connectivity index (χ3v) is 3.53. The topological polar surface area (TPSA) is 69.6 Å². The number of nitrogens with one attached hydrogen (secondary N) is 1. The minimum Gasteiger partial charge on any atom is -0.481 e. The van der Waals surface area contributed by atoms with Crippen LogP contribution < -0.4 is 5.32 Å². The number of hydrogen-bond acceptors (Lipinski definition) is 2. The Morgan fingerprint density at radius 3 is 2.52 bits per heavy atom. The Hall–Kier alpha value is -2.25. The van der Waals surface area contributed by atoms with E-state index in [0.717, 1.165) is 0 Å². The number of rotatable bonds is 3. The normalized spacial score (nSPS) is 16.3. The molecule has 1 unspecified atom stereocenters. The maximum absolute atomic E-state index is 13.4. The molecule has 2 rings (SSSR count). The fraction of sp³-hybridized carbons (Fsp3) is 0.385. The van der Waals surface area contributed by atoms with Crippen LogP contribution in [0.15, 0.2) is 12.1 Å². The van der Waals surface area contributed by atoms with Gasteiger partial charge in [0.1, 0.15) is 5.82 Å². The van der Waals surface area contributed by atoms with Crippen molar-refractivity contribution in [1.82, 2.24) is 4.90 Å². The lowest BCUT2D eigenvalue weighted by molar-refractivity contribution is -0.144. The maximum atomic E-state index is 13.4. The second-order valence-electron chi connectivity index (χ2n) is 4.97. The highest BCUT2D eigenvalue weighted by molar-refractivity contribution is 5.90. The van der Waals surface area contributed by atoms with Crippen molar-refractivity contribution < 1.29 is 27.9 Å². The van der Waals surface area contributed by atoms with E-state index < -0.39 is 41.1 Å². The van der Waals surface area contributed by atoms with E-state index in [1.54, 1.807) is 0 Å². The van der Waals surface area contributed by atoms with Crippen molar-refractivity contribution in [2.24, 2.45) is 11.8 Å². The molecular formula is C13H13F3N2O3. The third-order valence-electron chi connectivity index (χ3n) is 3.53. The molecule has 2 amide bonds. The van der Waals surface area contributed by atoms with Gasteiger partial charge in [-0.1, -0.05) is 6.92 Å². The summed E-state index contributed by atoms with van der Waals surface area (Å²) in [5.74, 6) is -5.50. The molecular weight excluding hydrogens is 289 g/mol. The Morgan fingerprint density at radius 1 is 1.33 bits per heavy atom. The molecule has 114 valence electrons. The number of aliphatic carboxylic acids is 1. The fourth-order valence-corrected chi connectivity index (χ4v) is 2.04. The van der Waals surface area contributed by atoms with Crippen LogP contribution in [0.5, 0.6) is 0 Å². The molecule has 0 saturated carbocycles. The van der Waals surface area contributed by atoms with Crippen LogP contribution in [0.25, 0.3) is 0 Å². The second kappa shape index (κ2) is 5.63. The zero-order valence-corrected chi connectivity index (χ0v) is 11.1. The van der Waals surface area contributed by atoms with Gasteiger partial charge in [-0.15, -0.1) is 0 Å². The van der Waals surface area contributed by atoms with Crippen molar-refractivity contribution in [3.05, 3.63) is 29.6 Å². The number of anilines is 1. The number of carbonyl (C=O) groups excluding carboxylic acids is 1. The molecule has 5 nitrogen and oxygen atoms in total. The molecule has 1 aromatic carbocycles. The molecule has 21 heavy (non-hydrogen) atoms. The zero-order valence-electron chi connectivity index (χ0n) is 11.1. The van der Waals surface area contributed by atoms with E-state index in [4.69, 9.17) is 5.11 Å². The van der Waals surface area contributed by atoms with Gasteiger partial charge in [0.15, 0.2) is 11.6 Å². The van der Waals surface area contributed by atoms with E-state index in [-0.39, 0.29) is 19.0 Å². The number of hydrogen-bond donors (Lipinski definition) is 2. The highest BCUT2D eigenvalue weighted by atomic mass is 19.2. The lowest BCUT2D eigenvalue weighted by Gasteiger charge is -2.41. The molecule has 0 radical (unpaired) electrons. The average Bonchev–Trinajstić information content (AvgIpc) is 2.33. The minimum atomic E-state index is -1.40. The standard InChI is InChI=1S/C13H13F3N2O3/c1-6(12(19)20)7-4-18(5-7)13(21)17-10-3-8(14)2-9(15)11(10)16/h2-3,6-7H,4-5H2,1H3,(H,17,21)(H,19,20). The van der Waals surface area contributed by atoms with Gasteiger partial charge >= 0.3 is 12.0 Å². The summed E-state index contributed by atoms with van der Waals surface area (Å²) < 4.78 is 39.4. The van der Waals surface area contributed by atoms with E-state index in [2.05, 4.69) is 5.32 Å². The van der Waals surface area contributed by atoms with Crippen molar-refractivity contribution in [3.63, 3.8) is 0 Å². The number of carboxylic acid groups (broad SMARTS) is 1. The molecule has 1 saturated heterocycles.